The Hall–Kier alpha value is -0.920. The highest BCUT2D eigenvalue weighted by Crippen LogP contribution is 2.15. The van der Waals surface area contributed by atoms with Crippen LogP contribution in [0.5, 0.6) is 0 Å². The van der Waals surface area contributed by atoms with Crippen LogP contribution in [0.15, 0.2) is 15.5 Å². The Morgan fingerprint density at radius 3 is 3.00 bits per heavy atom. The van der Waals surface area contributed by atoms with Crippen LogP contribution in [0.3, 0.4) is 0 Å². The number of rotatable bonds is 6. The number of nitrogens with zero attached hydrogens (tertiary/aromatic N) is 2. The molecule has 0 aliphatic heterocycles. The first kappa shape index (κ1) is 14.1. The molecule has 0 aliphatic rings. The van der Waals surface area contributed by atoms with E-state index >= 15 is 0 Å². The van der Waals surface area contributed by atoms with E-state index in [2.05, 4.69) is 26.3 Å². The highest BCUT2D eigenvalue weighted by Gasteiger charge is 2.08. The largest absolute Gasteiger partial charge is 0.392 e. The molecule has 1 rings (SSSR count). The van der Waals surface area contributed by atoms with E-state index in [1.165, 1.54) is 4.68 Å². The average Bonchev–Trinajstić information content (AvgIpc) is 2.29. The molecule has 96 valence electrons. The van der Waals surface area contributed by atoms with Crippen LogP contribution < -0.4 is 10.9 Å². The van der Waals surface area contributed by atoms with Crippen molar-refractivity contribution >= 4 is 21.6 Å². The molecule has 1 aromatic rings. The summed E-state index contributed by atoms with van der Waals surface area (Å²) in [6, 6.07) is 0. The van der Waals surface area contributed by atoms with Crippen LogP contribution in [0.1, 0.15) is 6.92 Å². The summed E-state index contributed by atoms with van der Waals surface area (Å²) in [5.74, 6) is 0. The number of methoxy groups -OCH3 is 1. The minimum atomic E-state index is -0.488. The number of hydrogen-bond acceptors (Lipinski definition) is 5. The molecule has 0 aromatic carbocycles. The minimum Gasteiger partial charge on any atom is -0.392 e. The lowest BCUT2D eigenvalue weighted by molar-refractivity contribution is 0.181. The summed E-state index contributed by atoms with van der Waals surface area (Å²) in [4.78, 5) is 11.8. The molecule has 6 nitrogen and oxygen atoms in total. The van der Waals surface area contributed by atoms with Crippen LogP contribution in [0.4, 0.5) is 5.69 Å². The molecule has 0 amide bonds. The monoisotopic (exact) mass is 305 g/mol. The van der Waals surface area contributed by atoms with Gasteiger partial charge in [-0.2, -0.15) is 5.10 Å². The smallest absolute Gasteiger partial charge is 0.283 e. The molecule has 7 heteroatoms. The third-order valence-corrected chi connectivity index (χ3v) is 2.85. The van der Waals surface area contributed by atoms with Gasteiger partial charge in [0.15, 0.2) is 0 Å². The van der Waals surface area contributed by atoms with E-state index in [0.29, 0.717) is 29.9 Å². The number of anilines is 1. The number of nitrogens with one attached hydrogen (secondary N) is 1. The molecule has 0 aliphatic carbocycles. The molecule has 1 aromatic heterocycles. The number of hydrogen-bond donors (Lipinski definition) is 2. The van der Waals surface area contributed by atoms with Gasteiger partial charge in [0, 0.05) is 13.7 Å². The molecule has 0 bridgehead atoms. The Balaban J connectivity index is 2.83. The molecule has 0 saturated heterocycles. The van der Waals surface area contributed by atoms with E-state index in [4.69, 9.17) is 9.84 Å². The van der Waals surface area contributed by atoms with Gasteiger partial charge in [-0.05, 0) is 22.9 Å². The van der Waals surface area contributed by atoms with E-state index in [1.807, 2.05) is 0 Å². The molecule has 0 radical (unpaired) electrons. The van der Waals surface area contributed by atoms with Gasteiger partial charge in [0.2, 0.25) is 0 Å². The van der Waals surface area contributed by atoms with Gasteiger partial charge in [0.05, 0.1) is 31.1 Å². The number of ether oxygens (including phenoxy) is 1. The Kier molecular flexibility index (Phi) is 5.60. The number of aliphatic hydroxyl groups is 1. The summed E-state index contributed by atoms with van der Waals surface area (Å²) >= 11 is 3.21. The van der Waals surface area contributed by atoms with E-state index < -0.39 is 6.10 Å². The summed E-state index contributed by atoms with van der Waals surface area (Å²) in [6.07, 6.45) is 1.06. The third kappa shape index (κ3) is 4.10. The predicted octanol–water partition coefficient (Wildman–Crippen LogP) is 0.445. The second-order valence-electron chi connectivity index (χ2n) is 3.62. The molecular formula is C10H16BrN3O3. The van der Waals surface area contributed by atoms with Gasteiger partial charge < -0.3 is 15.2 Å². The fourth-order valence-electron chi connectivity index (χ4n) is 1.18. The van der Waals surface area contributed by atoms with Crippen molar-refractivity contribution in [3.05, 3.63) is 21.0 Å². The first-order valence-electron chi connectivity index (χ1n) is 5.22. The van der Waals surface area contributed by atoms with Gasteiger partial charge in [0.1, 0.15) is 4.47 Å². The SMILES string of the molecule is COCCn1ncc(NCC(C)O)c(Br)c1=O. The van der Waals surface area contributed by atoms with Crippen LogP contribution in [0.25, 0.3) is 0 Å². The maximum Gasteiger partial charge on any atom is 0.283 e. The lowest BCUT2D eigenvalue weighted by Gasteiger charge is -2.11. The topological polar surface area (TPSA) is 76.4 Å². The van der Waals surface area contributed by atoms with Crippen molar-refractivity contribution in [3.8, 4) is 0 Å². The quantitative estimate of drug-likeness (QED) is 0.798. The summed E-state index contributed by atoms with van der Waals surface area (Å²) in [6.45, 7) is 2.86. The second kappa shape index (κ2) is 6.73. The molecule has 17 heavy (non-hydrogen) atoms. The van der Waals surface area contributed by atoms with Crippen molar-refractivity contribution < 1.29 is 9.84 Å². The predicted molar refractivity (Wildman–Crippen MR) is 68.2 cm³/mol. The van der Waals surface area contributed by atoms with E-state index in [-0.39, 0.29) is 5.56 Å². The van der Waals surface area contributed by atoms with Crippen LogP contribution in [0, 0.1) is 0 Å². The molecule has 0 fully saturated rings. The summed E-state index contributed by atoms with van der Waals surface area (Å²) in [5, 5.41) is 16.1. The maximum absolute atomic E-state index is 11.8. The van der Waals surface area contributed by atoms with Crippen molar-refractivity contribution in [2.75, 3.05) is 25.6 Å². The van der Waals surface area contributed by atoms with Crippen LogP contribution in [-0.2, 0) is 11.3 Å². The van der Waals surface area contributed by atoms with Gasteiger partial charge in [-0.1, -0.05) is 0 Å². The molecule has 1 unspecified atom stereocenters. The Morgan fingerprint density at radius 2 is 2.41 bits per heavy atom. The zero-order chi connectivity index (χ0) is 12.8. The average molecular weight is 306 g/mol. The Morgan fingerprint density at radius 1 is 1.71 bits per heavy atom. The van der Waals surface area contributed by atoms with Crippen LogP contribution >= 0.6 is 15.9 Å². The molecule has 1 atom stereocenters. The molecule has 1 heterocycles. The lowest BCUT2D eigenvalue weighted by atomic mass is 10.4. The third-order valence-electron chi connectivity index (χ3n) is 2.08. The zero-order valence-electron chi connectivity index (χ0n) is 9.81. The molecule has 0 spiro atoms. The first-order chi connectivity index (χ1) is 8.06. The van der Waals surface area contributed by atoms with E-state index in [1.54, 1.807) is 20.2 Å². The van der Waals surface area contributed by atoms with Gasteiger partial charge in [-0.25, -0.2) is 4.68 Å². The van der Waals surface area contributed by atoms with E-state index in [9.17, 15) is 4.79 Å². The maximum atomic E-state index is 11.8. The minimum absolute atomic E-state index is 0.224. The van der Waals surface area contributed by atoms with Gasteiger partial charge >= 0.3 is 0 Å². The van der Waals surface area contributed by atoms with Crippen LogP contribution in [-0.4, -0.2) is 41.3 Å². The fraction of sp³-hybridized carbons (Fsp3) is 0.600. The number of aromatic nitrogens is 2. The first-order valence-corrected chi connectivity index (χ1v) is 6.02. The normalized spacial score (nSPS) is 12.5. The van der Waals surface area contributed by atoms with Gasteiger partial charge in [-0.15, -0.1) is 0 Å². The Bertz CT molecular complexity index is 420. The van der Waals surface area contributed by atoms with Crippen LogP contribution in [0.2, 0.25) is 0 Å². The van der Waals surface area contributed by atoms with Crippen molar-refractivity contribution in [1.82, 2.24) is 9.78 Å². The van der Waals surface area contributed by atoms with Crippen molar-refractivity contribution in [2.24, 2.45) is 0 Å². The molecule has 0 saturated carbocycles. The van der Waals surface area contributed by atoms with Crippen molar-refractivity contribution in [2.45, 2.75) is 19.6 Å². The van der Waals surface area contributed by atoms with Gasteiger partial charge in [0.25, 0.3) is 5.56 Å². The fourth-order valence-corrected chi connectivity index (χ4v) is 1.63. The summed E-state index contributed by atoms with van der Waals surface area (Å²) in [5.41, 5.74) is 0.349. The highest BCUT2D eigenvalue weighted by molar-refractivity contribution is 9.10. The number of halogens is 1. The Labute approximate surface area is 108 Å². The summed E-state index contributed by atoms with van der Waals surface area (Å²) < 4.78 is 6.61. The highest BCUT2D eigenvalue weighted by atomic mass is 79.9. The standard InChI is InChI=1S/C10H16BrN3O3/c1-7(15)5-12-8-6-13-14(3-4-17-2)10(16)9(8)11/h6-7,12,15H,3-5H2,1-2H3. The van der Waals surface area contributed by atoms with Gasteiger partial charge in [-0.3, -0.25) is 4.79 Å². The molecular weight excluding hydrogens is 290 g/mol. The lowest BCUT2D eigenvalue weighted by Crippen LogP contribution is -2.27. The summed E-state index contributed by atoms with van der Waals surface area (Å²) in [7, 11) is 1.57. The van der Waals surface area contributed by atoms with E-state index in [0.717, 1.165) is 0 Å². The van der Waals surface area contributed by atoms with Crippen molar-refractivity contribution in [3.63, 3.8) is 0 Å². The number of aliphatic hydroxyl groups excluding tert-OH is 1. The zero-order valence-corrected chi connectivity index (χ0v) is 11.4. The van der Waals surface area contributed by atoms with Crippen molar-refractivity contribution in [1.29, 1.82) is 0 Å². The molecule has 2 N–H and O–H groups in total. The second-order valence-corrected chi connectivity index (χ2v) is 4.42.